The van der Waals surface area contributed by atoms with Crippen molar-refractivity contribution in [2.24, 2.45) is 0 Å². The first-order valence-electron chi connectivity index (χ1n) is 11.3. The topological polar surface area (TPSA) is 54.6 Å². The Morgan fingerprint density at radius 2 is 0.794 bits per heavy atom. The summed E-state index contributed by atoms with van der Waals surface area (Å²) in [7, 11) is 0. The van der Waals surface area contributed by atoms with Crippen LogP contribution in [-0.2, 0) is 13.1 Å². The lowest BCUT2D eigenvalue weighted by Gasteiger charge is -2.27. The lowest BCUT2D eigenvalue weighted by Crippen LogP contribution is -2.42. The van der Waals surface area contributed by atoms with Crippen molar-refractivity contribution >= 4 is 74.4 Å². The Bertz CT molecular complexity index is 523. The Labute approximate surface area is 244 Å². The van der Waals surface area contributed by atoms with Crippen molar-refractivity contribution in [1.29, 1.82) is 0 Å². The van der Waals surface area contributed by atoms with Gasteiger partial charge in [-0.15, -0.1) is 74.4 Å². The molecule has 2 saturated heterocycles. The summed E-state index contributed by atoms with van der Waals surface area (Å²) >= 11 is 0. The monoisotopic (exact) mass is 604 g/mol. The molecule has 206 valence electrons. The van der Waals surface area contributed by atoms with Crippen LogP contribution >= 0.6 is 74.4 Å². The molecule has 3 rings (SSSR count). The molecule has 0 aliphatic carbocycles. The molecule has 2 fully saturated rings. The molecule has 12 heteroatoms. The second-order valence-electron chi connectivity index (χ2n) is 8.08. The van der Waals surface area contributed by atoms with Crippen molar-refractivity contribution in [2.75, 3.05) is 78.5 Å². The summed E-state index contributed by atoms with van der Waals surface area (Å²) in [6.45, 7) is 15.5. The van der Waals surface area contributed by atoms with E-state index < -0.39 is 0 Å². The molecule has 2 heterocycles. The van der Waals surface area contributed by atoms with Crippen LogP contribution in [0, 0.1) is 0 Å². The first-order valence-corrected chi connectivity index (χ1v) is 11.3. The van der Waals surface area contributed by atoms with E-state index in [9.17, 15) is 0 Å². The molecule has 0 atom stereocenters. The van der Waals surface area contributed by atoms with Crippen LogP contribution in [0.4, 0.5) is 0 Å². The van der Waals surface area contributed by atoms with Crippen LogP contribution in [0.15, 0.2) is 24.3 Å². The predicted octanol–water partition coefficient (Wildman–Crippen LogP) is 2.99. The smallest absolute Gasteiger partial charge is 0.0234 e. The number of benzene rings is 1. The average Bonchev–Trinajstić information content (AvgIpc) is 2.73. The van der Waals surface area contributed by atoms with Gasteiger partial charge in [-0.2, -0.15) is 0 Å². The summed E-state index contributed by atoms with van der Waals surface area (Å²) in [5.41, 5.74) is 2.87. The summed E-state index contributed by atoms with van der Waals surface area (Å²) in [6.07, 6.45) is 2.41. The minimum absolute atomic E-state index is 0. The maximum Gasteiger partial charge on any atom is 0.0234 e. The molecule has 6 nitrogen and oxygen atoms in total. The van der Waals surface area contributed by atoms with E-state index in [-0.39, 0.29) is 74.4 Å². The molecule has 0 aromatic heterocycles. The zero-order valence-corrected chi connectivity index (χ0v) is 24.9. The Hall–Kier alpha value is 0.720. The minimum Gasteiger partial charge on any atom is -0.315 e. The Morgan fingerprint density at radius 1 is 0.441 bits per heavy atom. The molecule has 0 saturated carbocycles. The van der Waals surface area contributed by atoms with E-state index in [1.165, 1.54) is 24.0 Å². The van der Waals surface area contributed by atoms with Crippen LogP contribution in [0.25, 0.3) is 0 Å². The first-order chi connectivity index (χ1) is 13.9. The fourth-order valence-electron chi connectivity index (χ4n) is 3.96. The van der Waals surface area contributed by atoms with E-state index in [0.717, 1.165) is 91.6 Å². The average molecular weight is 607 g/mol. The highest BCUT2D eigenvalue weighted by atomic mass is 35.5. The first kappa shape index (κ1) is 41.8. The van der Waals surface area contributed by atoms with E-state index in [1.807, 2.05) is 0 Å². The van der Waals surface area contributed by atoms with Crippen molar-refractivity contribution in [3.05, 3.63) is 35.4 Å². The fraction of sp³-hybridized carbons (Fsp3) is 0.727. The van der Waals surface area contributed by atoms with E-state index in [1.54, 1.807) is 0 Å². The van der Waals surface area contributed by atoms with Crippen LogP contribution in [-0.4, -0.2) is 88.3 Å². The van der Waals surface area contributed by atoms with Gasteiger partial charge in [-0.1, -0.05) is 24.3 Å². The largest absolute Gasteiger partial charge is 0.315 e. The molecule has 0 spiro atoms. The normalized spacial score (nSPS) is 18.6. The zero-order valence-electron chi connectivity index (χ0n) is 20.0. The molecule has 1 aromatic rings. The maximum absolute atomic E-state index is 3.60. The number of nitrogens with one attached hydrogen (secondary N) is 4. The van der Waals surface area contributed by atoms with E-state index >= 15 is 0 Å². The minimum atomic E-state index is 0. The number of piperazine rings is 1. The Kier molecular flexibility index (Phi) is 32.9. The van der Waals surface area contributed by atoms with Crippen LogP contribution in [0.1, 0.15) is 24.0 Å². The quantitative estimate of drug-likeness (QED) is 0.423. The maximum atomic E-state index is 3.60. The Balaban J connectivity index is -0.000000750. The molecule has 2 aliphatic heterocycles. The van der Waals surface area contributed by atoms with Crippen molar-refractivity contribution < 1.29 is 0 Å². The molecular weight excluding hydrogens is 561 g/mol. The summed E-state index contributed by atoms with van der Waals surface area (Å²) in [5, 5.41) is 14.1. The number of halogens is 6. The molecule has 0 amide bonds. The highest BCUT2D eigenvalue weighted by molar-refractivity contribution is 5.86. The third kappa shape index (κ3) is 18.0. The standard InChI is InChI=1S/C22H40N6.6ClH/c1-7-23-10-11-24-9-2-15-27(16-12-25-8-1)19-21-3-5-22(6-4-21)20-28-17-13-26-14-18-28;;;;;;/h3-6,23-26H,1-2,7-20H2;6*1H. The molecule has 0 unspecified atom stereocenters. The number of nitrogens with zero attached hydrogens (tertiary/aromatic N) is 2. The lowest BCUT2D eigenvalue weighted by molar-refractivity contribution is 0.233. The van der Waals surface area contributed by atoms with Crippen LogP contribution in [0.5, 0.6) is 0 Å². The van der Waals surface area contributed by atoms with Crippen LogP contribution < -0.4 is 21.3 Å². The molecule has 4 N–H and O–H groups in total. The number of hydrogen-bond acceptors (Lipinski definition) is 6. The summed E-state index contributed by atoms with van der Waals surface area (Å²) < 4.78 is 0. The summed E-state index contributed by atoms with van der Waals surface area (Å²) in [6, 6.07) is 9.32. The van der Waals surface area contributed by atoms with Gasteiger partial charge in [0.1, 0.15) is 0 Å². The molecule has 0 radical (unpaired) electrons. The molecule has 1 aromatic carbocycles. The van der Waals surface area contributed by atoms with Crippen molar-refractivity contribution in [3.8, 4) is 0 Å². The van der Waals surface area contributed by atoms with Gasteiger partial charge in [0.15, 0.2) is 0 Å². The van der Waals surface area contributed by atoms with Gasteiger partial charge >= 0.3 is 0 Å². The SMILES string of the molecule is Cl.Cl.Cl.Cl.Cl.Cl.c1cc(CN2CCNCC2)ccc1CN1CCCNCCNCCCNCC1. The predicted molar refractivity (Wildman–Crippen MR) is 161 cm³/mol. The van der Waals surface area contributed by atoms with Gasteiger partial charge in [-0.25, -0.2) is 0 Å². The fourth-order valence-corrected chi connectivity index (χ4v) is 3.96. The molecule has 2 aliphatic rings. The molecule has 34 heavy (non-hydrogen) atoms. The van der Waals surface area contributed by atoms with Crippen molar-refractivity contribution in [2.45, 2.75) is 25.9 Å². The van der Waals surface area contributed by atoms with Gasteiger partial charge in [0, 0.05) is 65.4 Å². The van der Waals surface area contributed by atoms with Gasteiger partial charge in [0.25, 0.3) is 0 Å². The molecule has 0 bridgehead atoms. The van der Waals surface area contributed by atoms with E-state index in [0.29, 0.717) is 0 Å². The highest BCUT2D eigenvalue weighted by Crippen LogP contribution is 2.11. The third-order valence-corrected chi connectivity index (χ3v) is 5.66. The van der Waals surface area contributed by atoms with Crippen molar-refractivity contribution in [1.82, 2.24) is 31.1 Å². The van der Waals surface area contributed by atoms with Crippen molar-refractivity contribution in [3.63, 3.8) is 0 Å². The number of rotatable bonds is 4. The lowest BCUT2D eigenvalue weighted by atomic mass is 10.1. The number of hydrogen-bond donors (Lipinski definition) is 4. The van der Waals surface area contributed by atoms with Crippen LogP contribution in [0.3, 0.4) is 0 Å². The third-order valence-electron chi connectivity index (χ3n) is 5.66. The van der Waals surface area contributed by atoms with E-state index in [4.69, 9.17) is 0 Å². The second kappa shape index (κ2) is 26.8. The summed E-state index contributed by atoms with van der Waals surface area (Å²) in [5.74, 6) is 0. The van der Waals surface area contributed by atoms with Gasteiger partial charge in [0.05, 0.1) is 0 Å². The summed E-state index contributed by atoms with van der Waals surface area (Å²) in [4.78, 5) is 5.14. The van der Waals surface area contributed by atoms with Gasteiger partial charge in [-0.3, -0.25) is 9.80 Å². The Morgan fingerprint density at radius 3 is 1.26 bits per heavy atom. The highest BCUT2D eigenvalue weighted by Gasteiger charge is 2.10. The van der Waals surface area contributed by atoms with Crippen LogP contribution in [0.2, 0.25) is 0 Å². The van der Waals surface area contributed by atoms with E-state index in [2.05, 4.69) is 55.3 Å². The van der Waals surface area contributed by atoms with Gasteiger partial charge < -0.3 is 21.3 Å². The van der Waals surface area contributed by atoms with Gasteiger partial charge in [-0.05, 0) is 50.1 Å². The second-order valence-corrected chi connectivity index (χ2v) is 8.08. The van der Waals surface area contributed by atoms with Gasteiger partial charge in [0.2, 0.25) is 0 Å². The zero-order chi connectivity index (χ0) is 19.3. The molecular formula is C22H46Cl6N6.